The fraction of sp³-hybridized carbons (Fsp3) is 0.235. The third-order valence-corrected chi connectivity index (χ3v) is 5.06. The van der Waals surface area contributed by atoms with E-state index in [1.165, 1.54) is 11.3 Å². The van der Waals surface area contributed by atoms with Gasteiger partial charge >= 0.3 is 0 Å². The summed E-state index contributed by atoms with van der Waals surface area (Å²) in [6.45, 7) is 1.91. The van der Waals surface area contributed by atoms with Crippen molar-refractivity contribution in [3.63, 3.8) is 0 Å². The fourth-order valence-electron chi connectivity index (χ4n) is 2.76. The number of rotatable bonds is 3. The molecule has 1 N–H and O–H groups in total. The Morgan fingerprint density at radius 1 is 1.42 bits per heavy atom. The monoisotopic (exact) mass is 340 g/mol. The maximum Gasteiger partial charge on any atom is 0.267 e. The number of anilines is 1. The van der Waals surface area contributed by atoms with Gasteiger partial charge in [0.05, 0.1) is 10.6 Å². The van der Waals surface area contributed by atoms with E-state index in [1.54, 1.807) is 6.20 Å². The molecule has 1 unspecified atom stereocenters. The molecule has 0 bridgehead atoms. The first kappa shape index (κ1) is 14.9. The van der Waals surface area contributed by atoms with Crippen LogP contribution in [0, 0.1) is 6.92 Å². The summed E-state index contributed by atoms with van der Waals surface area (Å²) in [5.41, 5.74) is 1.90. The molecule has 4 rings (SSSR count). The van der Waals surface area contributed by atoms with Crippen LogP contribution in [0.15, 0.2) is 36.7 Å². The Balaban J connectivity index is 1.51. The highest BCUT2D eigenvalue weighted by Crippen LogP contribution is 2.32. The summed E-state index contributed by atoms with van der Waals surface area (Å²) in [6, 6.07) is 7.72. The molecule has 0 spiro atoms. The van der Waals surface area contributed by atoms with Gasteiger partial charge in [-0.15, -0.1) is 0 Å². The van der Waals surface area contributed by atoms with Gasteiger partial charge in [-0.05, 0) is 18.6 Å². The van der Waals surface area contributed by atoms with E-state index in [0.717, 1.165) is 27.7 Å². The van der Waals surface area contributed by atoms with Crippen LogP contribution in [-0.4, -0.2) is 26.5 Å². The van der Waals surface area contributed by atoms with Gasteiger partial charge in [-0.1, -0.05) is 29.5 Å². The quantitative estimate of drug-likeness (QED) is 0.796. The van der Waals surface area contributed by atoms with Gasteiger partial charge < -0.3 is 9.30 Å². The maximum absolute atomic E-state index is 12.5. The molecule has 6 nitrogen and oxygen atoms in total. The van der Waals surface area contributed by atoms with Crippen molar-refractivity contribution in [3.8, 4) is 16.5 Å². The van der Waals surface area contributed by atoms with E-state index in [0.29, 0.717) is 11.6 Å². The molecule has 1 amide bonds. The van der Waals surface area contributed by atoms with Gasteiger partial charge in [-0.3, -0.25) is 10.1 Å². The lowest BCUT2D eigenvalue weighted by Crippen LogP contribution is -2.31. The number of fused-ring (bicyclic) bond motifs is 1. The van der Waals surface area contributed by atoms with Crippen LogP contribution in [0.5, 0.6) is 5.75 Å². The Bertz CT molecular complexity index is 890. The molecule has 1 aliphatic heterocycles. The number of aromatic nitrogens is 3. The van der Waals surface area contributed by atoms with Gasteiger partial charge in [0.2, 0.25) is 0 Å². The first-order valence-corrected chi connectivity index (χ1v) is 8.44. The molecule has 0 aliphatic carbocycles. The van der Waals surface area contributed by atoms with Crippen molar-refractivity contribution in [2.75, 3.05) is 5.32 Å². The Morgan fingerprint density at radius 2 is 2.25 bits per heavy atom. The maximum atomic E-state index is 12.5. The van der Waals surface area contributed by atoms with Crippen molar-refractivity contribution in [2.45, 2.75) is 19.4 Å². The lowest BCUT2D eigenvalue weighted by molar-refractivity contribution is -0.122. The molecular weight excluding hydrogens is 324 g/mol. The largest absolute Gasteiger partial charge is 0.480 e. The van der Waals surface area contributed by atoms with Gasteiger partial charge in [-0.25, -0.2) is 9.97 Å². The number of nitrogens with one attached hydrogen (secondary N) is 1. The molecule has 122 valence electrons. The molecule has 0 radical (unpaired) electrons. The summed E-state index contributed by atoms with van der Waals surface area (Å²) in [6.07, 6.45) is 3.70. The summed E-state index contributed by atoms with van der Waals surface area (Å²) < 4.78 is 7.65. The minimum atomic E-state index is -0.511. The minimum absolute atomic E-state index is 0.175. The summed E-state index contributed by atoms with van der Waals surface area (Å²) in [7, 11) is 1.93. The molecule has 0 saturated carbocycles. The first-order valence-electron chi connectivity index (χ1n) is 7.62. The highest BCUT2D eigenvalue weighted by Gasteiger charge is 2.29. The second-order valence-corrected chi connectivity index (χ2v) is 6.70. The molecular formula is C17H16N4O2S. The van der Waals surface area contributed by atoms with E-state index in [2.05, 4.69) is 15.3 Å². The number of carbonyl (C=O) groups excluding carboxylic acids is 1. The highest BCUT2D eigenvalue weighted by atomic mass is 32.1. The molecule has 24 heavy (non-hydrogen) atoms. The smallest absolute Gasteiger partial charge is 0.267 e. The summed E-state index contributed by atoms with van der Waals surface area (Å²) in [5, 5.41) is 3.43. The second-order valence-electron chi connectivity index (χ2n) is 5.70. The van der Waals surface area contributed by atoms with Crippen LogP contribution in [0.25, 0.3) is 10.7 Å². The zero-order chi connectivity index (χ0) is 16.7. The Hall–Kier alpha value is -2.67. The third-order valence-electron chi connectivity index (χ3n) is 3.99. The van der Waals surface area contributed by atoms with Crippen LogP contribution < -0.4 is 10.1 Å². The van der Waals surface area contributed by atoms with Gasteiger partial charge in [0.25, 0.3) is 5.91 Å². The van der Waals surface area contributed by atoms with Crippen LogP contribution in [0.3, 0.4) is 0 Å². The fourth-order valence-corrected chi connectivity index (χ4v) is 3.76. The zero-order valence-electron chi connectivity index (χ0n) is 13.3. The molecule has 2 aromatic heterocycles. The average molecular weight is 340 g/mol. The third kappa shape index (κ3) is 2.56. The van der Waals surface area contributed by atoms with Gasteiger partial charge in [0.1, 0.15) is 5.75 Å². The average Bonchev–Trinajstić information content (AvgIpc) is 3.25. The van der Waals surface area contributed by atoms with E-state index in [9.17, 15) is 4.79 Å². The number of thiazole rings is 1. The number of aryl methyl sites for hydroxylation is 2. The van der Waals surface area contributed by atoms with E-state index in [-0.39, 0.29) is 5.91 Å². The molecule has 0 fully saturated rings. The van der Waals surface area contributed by atoms with Crippen LogP contribution in [0.4, 0.5) is 5.13 Å². The highest BCUT2D eigenvalue weighted by molar-refractivity contribution is 7.19. The molecule has 1 aromatic carbocycles. The number of imidazole rings is 1. The van der Waals surface area contributed by atoms with E-state index in [4.69, 9.17) is 4.74 Å². The second kappa shape index (κ2) is 5.76. The number of carbonyl (C=O) groups is 1. The van der Waals surface area contributed by atoms with Crippen molar-refractivity contribution < 1.29 is 9.53 Å². The van der Waals surface area contributed by atoms with Crippen LogP contribution in [0.2, 0.25) is 0 Å². The van der Waals surface area contributed by atoms with Crippen molar-refractivity contribution >= 4 is 22.4 Å². The number of hydrogen-bond donors (Lipinski definition) is 1. The van der Waals surface area contributed by atoms with Gasteiger partial charge in [0.15, 0.2) is 17.1 Å². The van der Waals surface area contributed by atoms with E-state index < -0.39 is 6.10 Å². The van der Waals surface area contributed by atoms with Crippen molar-refractivity contribution in [2.24, 2.45) is 7.05 Å². The SMILES string of the molecule is Cc1nc(NC(=O)C2Cc3ccccc3O2)sc1-c1nccn1C. The summed E-state index contributed by atoms with van der Waals surface area (Å²) in [5.74, 6) is 1.45. The molecule has 7 heteroatoms. The molecule has 3 aromatic rings. The standard InChI is InChI=1S/C17H16N4O2S/c1-10-14(15-18-7-8-21(15)2)24-17(19-10)20-16(22)13-9-11-5-3-4-6-12(11)23-13/h3-8,13H,9H2,1-2H3,(H,19,20,22). The predicted octanol–water partition coefficient (Wildman–Crippen LogP) is 2.79. The van der Waals surface area contributed by atoms with E-state index >= 15 is 0 Å². The van der Waals surface area contributed by atoms with Crippen LogP contribution >= 0.6 is 11.3 Å². The number of benzene rings is 1. The number of amides is 1. The first-order chi connectivity index (χ1) is 11.6. The van der Waals surface area contributed by atoms with Crippen molar-refractivity contribution in [1.29, 1.82) is 0 Å². The lowest BCUT2D eigenvalue weighted by atomic mass is 10.1. The summed E-state index contributed by atoms with van der Waals surface area (Å²) in [4.78, 5) is 22.2. The van der Waals surface area contributed by atoms with Crippen molar-refractivity contribution in [3.05, 3.63) is 47.9 Å². The number of para-hydroxylation sites is 1. The number of hydrogen-bond acceptors (Lipinski definition) is 5. The zero-order valence-corrected chi connectivity index (χ0v) is 14.1. The van der Waals surface area contributed by atoms with Crippen LogP contribution in [0.1, 0.15) is 11.3 Å². The van der Waals surface area contributed by atoms with Crippen molar-refractivity contribution in [1.82, 2.24) is 14.5 Å². The minimum Gasteiger partial charge on any atom is -0.480 e. The Morgan fingerprint density at radius 3 is 3.00 bits per heavy atom. The predicted molar refractivity (Wildman–Crippen MR) is 92.2 cm³/mol. The molecule has 1 atom stereocenters. The lowest BCUT2D eigenvalue weighted by Gasteiger charge is -2.09. The van der Waals surface area contributed by atoms with Crippen LogP contribution in [-0.2, 0) is 18.3 Å². The number of nitrogens with zero attached hydrogens (tertiary/aromatic N) is 3. The normalized spacial score (nSPS) is 15.8. The number of ether oxygens (including phenoxy) is 1. The molecule has 0 saturated heterocycles. The van der Waals surface area contributed by atoms with Gasteiger partial charge in [0, 0.05) is 25.9 Å². The Kier molecular flexibility index (Phi) is 3.57. The Labute approximate surface area is 143 Å². The topological polar surface area (TPSA) is 69.0 Å². The van der Waals surface area contributed by atoms with E-state index in [1.807, 2.05) is 49.0 Å². The molecule has 3 heterocycles. The summed E-state index contributed by atoms with van der Waals surface area (Å²) >= 11 is 1.42. The van der Waals surface area contributed by atoms with Gasteiger partial charge in [-0.2, -0.15) is 0 Å². The molecule has 1 aliphatic rings.